The van der Waals surface area contributed by atoms with Crippen LogP contribution in [0.5, 0.6) is 0 Å². The van der Waals surface area contributed by atoms with Gasteiger partial charge in [-0.15, -0.1) is 11.3 Å². The molecule has 0 atom stereocenters. The van der Waals surface area contributed by atoms with E-state index in [1.807, 2.05) is 30.3 Å². The molecule has 120 valence electrons. The lowest BCUT2D eigenvalue weighted by Crippen LogP contribution is -2.16. The number of oxime groups is 1. The first-order chi connectivity index (χ1) is 11.1. The van der Waals surface area contributed by atoms with Gasteiger partial charge in [-0.2, -0.15) is 0 Å². The Hall–Kier alpha value is -2.94. The van der Waals surface area contributed by atoms with Crippen molar-refractivity contribution in [3.63, 3.8) is 0 Å². The Labute approximate surface area is 135 Å². The maximum absolute atomic E-state index is 11.7. The second-order valence-corrected chi connectivity index (χ2v) is 5.01. The number of amides is 1. The average molecular weight is 335 g/mol. The molecule has 1 amide bonds. The highest BCUT2D eigenvalue weighted by Crippen LogP contribution is 2.17. The Balaban J connectivity index is 1.94. The standard InChI is InChI=1S/C14H13N3O5S/c1-21-17-11(12(18)19)10-8-23-13(15-10)16-14(20)22-7-9-5-3-2-4-6-9/h2-6,8H,7H2,1H3,(H,18,19)(H,15,16,20)/b17-11+. The molecule has 0 fully saturated rings. The fourth-order valence-corrected chi connectivity index (χ4v) is 2.25. The summed E-state index contributed by atoms with van der Waals surface area (Å²) in [6.07, 6.45) is -0.685. The van der Waals surface area contributed by atoms with Gasteiger partial charge in [0.15, 0.2) is 5.13 Å². The Morgan fingerprint density at radius 2 is 2.09 bits per heavy atom. The third-order valence-corrected chi connectivity index (χ3v) is 3.31. The zero-order valence-electron chi connectivity index (χ0n) is 12.1. The van der Waals surface area contributed by atoms with E-state index in [1.54, 1.807) is 0 Å². The number of benzene rings is 1. The van der Waals surface area contributed by atoms with E-state index in [1.165, 1.54) is 12.5 Å². The van der Waals surface area contributed by atoms with Crippen LogP contribution >= 0.6 is 11.3 Å². The summed E-state index contributed by atoms with van der Waals surface area (Å²) in [7, 11) is 1.23. The smallest absolute Gasteiger partial charge is 0.413 e. The van der Waals surface area contributed by atoms with Crippen molar-refractivity contribution in [1.29, 1.82) is 0 Å². The summed E-state index contributed by atoms with van der Waals surface area (Å²) < 4.78 is 5.04. The van der Waals surface area contributed by atoms with E-state index >= 15 is 0 Å². The molecule has 0 saturated carbocycles. The van der Waals surface area contributed by atoms with E-state index in [4.69, 9.17) is 9.84 Å². The van der Waals surface area contributed by atoms with Gasteiger partial charge < -0.3 is 14.7 Å². The van der Waals surface area contributed by atoms with Gasteiger partial charge in [-0.05, 0) is 5.56 Å². The summed E-state index contributed by atoms with van der Waals surface area (Å²) in [5.41, 5.74) is 0.583. The summed E-state index contributed by atoms with van der Waals surface area (Å²) in [5.74, 6) is -1.28. The van der Waals surface area contributed by atoms with E-state index in [0.717, 1.165) is 16.9 Å². The molecule has 0 aliphatic carbocycles. The topological polar surface area (TPSA) is 110 Å². The normalized spacial score (nSPS) is 10.9. The molecular formula is C14H13N3O5S. The Bertz CT molecular complexity index is 714. The van der Waals surface area contributed by atoms with Gasteiger partial charge in [-0.25, -0.2) is 14.6 Å². The van der Waals surface area contributed by atoms with Crippen LogP contribution in [0.25, 0.3) is 0 Å². The van der Waals surface area contributed by atoms with Crippen LogP contribution in [-0.2, 0) is 21.0 Å². The summed E-state index contributed by atoms with van der Waals surface area (Å²) in [5, 5.41) is 16.4. The van der Waals surface area contributed by atoms with Crippen molar-refractivity contribution in [2.24, 2.45) is 5.16 Å². The van der Waals surface area contributed by atoms with E-state index in [0.29, 0.717) is 0 Å². The molecule has 23 heavy (non-hydrogen) atoms. The number of hydrogen-bond donors (Lipinski definition) is 2. The molecule has 0 radical (unpaired) electrons. The molecule has 1 heterocycles. The van der Waals surface area contributed by atoms with Gasteiger partial charge in [0, 0.05) is 5.38 Å². The first-order valence-corrected chi connectivity index (χ1v) is 7.26. The molecule has 2 aromatic rings. The predicted molar refractivity (Wildman–Crippen MR) is 83.5 cm³/mol. The first kappa shape index (κ1) is 16.4. The van der Waals surface area contributed by atoms with E-state index < -0.39 is 12.1 Å². The minimum absolute atomic E-state index is 0.0858. The number of nitrogens with zero attached hydrogens (tertiary/aromatic N) is 2. The third-order valence-electron chi connectivity index (χ3n) is 2.55. The quantitative estimate of drug-likeness (QED) is 0.619. The zero-order valence-corrected chi connectivity index (χ0v) is 12.9. The Morgan fingerprint density at radius 3 is 2.74 bits per heavy atom. The van der Waals surface area contributed by atoms with Gasteiger partial charge in [-0.1, -0.05) is 35.5 Å². The number of carbonyl (C=O) groups excluding carboxylic acids is 1. The van der Waals surface area contributed by atoms with Crippen LogP contribution in [0.3, 0.4) is 0 Å². The van der Waals surface area contributed by atoms with Crippen molar-refractivity contribution in [1.82, 2.24) is 4.98 Å². The molecule has 2 rings (SSSR count). The number of aromatic nitrogens is 1. The van der Waals surface area contributed by atoms with Crippen LogP contribution in [0.2, 0.25) is 0 Å². The molecule has 0 aliphatic heterocycles. The predicted octanol–water partition coefficient (Wildman–Crippen LogP) is 2.33. The molecular weight excluding hydrogens is 322 g/mol. The molecule has 8 nitrogen and oxygen atoms in total. The van der Waals surface area contributed by atoms with Crippen molar-refractivity contribution >= 4 is 34.2 Å². The Morgan fingerprint density at radius 1 is 1.35 bits per heavy atom. The van der Waals surface area contributed by atoms with Gasteiger partial charge in [0.2, 0.25) is 5.71 Å². The van der Waals surface area contributed by atoms with Crippen molar-refractivity contribution in [2.75, 3.05) is 12.4 Å². The maximum atomic E-state index is 11.7. The van der Waals surface area contributed by atoms with Crippen molar-refractivity contribution < 1.29 is 24.3 Å². The van der Waals surface area contributed by atoms with Crippen LogP contribution < -0.4 is 5.32 Å². The summed E-state index contributed by atoms with van der Waals surface area (Å²) in [4.78, 5) is 31.1. The number of thiazole rings is 1. The van der Waals surface area contributed by atoms with Gasteiger partial charge in [-0.3, -0.25) is 5.32 Å². The van der Waals surface area contributed by atoms with Crippen LogP contribution in [0, 0.1) is 0 Å². The number of aliphatic carboxylic acids is 1. The first-order valence-electron chi connectivity index (χ1n) is 6.38. The highest BCUT2D eigenvalue weighted by molar-refractivity contribution is 7.14. The second-order valence-electron chi connectivity index (χ2n) is 4.15. The van der Waals surface area contributed by atoms with E-state index in [-0.39, 0.29) is 23.1 Å². The molecule has 0 spiro atoms. The van der Waals surface area contributed by atoms with Crippen LogP contribution in [-0.4, -0.2) is 35.0 Å². The van der Waals surface area contributed by atoms with Crippen LogP contribution in [0.15, 0.2) is 40.9 Å². The molecule has 1 aromatic heterocycles. The fraction of sp³-hybridized carbons (Fsp3) is 0.143. The van der Waals surface area contributed by atoms with Crippen molar-refractivity contribution in [3.8, 4) is 0 Å². The minimum Gasteiger partial charge on any atom is -0.476 e. The number of carboxylic acid groups (broad SMARTS) is 1. The number of hydrogen-bond acceptors (Lipinski definition) is 7. The monoisotopic (exact) mass is 335 g/mol. The summed E-state index contributed by atoms with van der Waals surface area (Å²) in [6, 6.07) is 9.20. The molecule has 0 unspecified atom stereocenters. The minimum atomic E-state index is -1.28. The van der Waals surface area contributed by atoms with Gasteiger partial charge in [0.05, 0.1) is 0 Å². The Kier molecular flexibility index (Phi) is 5.64. The summed E-state index contributed by atoms with van der Waals surface area (Å²) >= 11 is 1.05. The SMILES string of the molecule is CO/N=C(/C(=O)O)c1csc(NC(=O)OCc2ccccc2)n1. The third kappa shape index (κ3) is 4.78. The molecule has 0 bridgehead atoms. The van der Waals surface area contributed by atoms with E-state index in [2.05, 4.69) is 20.3 Å². The summed E-state index contributed by atoms with van der Waals surface area (Å²) in [6.45, 7) is 0.121. The van der Waals surface area contributed by atoms with E-state index in [9.17, 15) is 9.59 Å². The maximum Gasteiger partial charge on any atom is 0.413 e. The van der Waals surface area contributed by atoms with Gasteiger partial charge in [0.25, 0.3) is 0 Å². The second kappa shape index (κ2) is 7.90. The average Bonchev–Trinajstić information content (AvgIpc) is 2.99. The zero-order chi connectivity index (χ0) is 16.7. The van der Waals surface area contributed by atoms with Crippen molar-refractivity contribution in [3.05, 3.63) is 47.0 Å². The van der Waals surface area contributed by atoms with Crippen molar-refractivity contribution in [2.45, 2.75) is 6.61 Å². The highest BCUT2D eigenvalue weighted by atomic mass is 32.1. The molecule has 2 N–H and O–H groups in total. The molecule has 9 heteroatoms. The number of nitrogens with one attached hydrogen (secondary N) is 1. The number of anilines is 1. The molecule has 1 aromatic carbocycles. The van der Waals surface area contributed by atoms with Gasteiger partial charge in [0.1, 0.15) is 19.4 Å². The fourth-order valence-electron chi connectivity index (χ4n) is 1.57. The number of carbonyl (C=O) groups is 2. The molecule has 0 aliphatic rings. The lowest BCUT2D eigenvalue weighted by atomic mass is 10.2. The number of carboxylic acids is 1. The highest BCUT2D eigenvalue weighted by Gasteiger charge is 2.18. The van der Waals surface area contributed by atoms with Crippen LogP contribution in [0.4, 0.5) is 9.93 Å². The number of ether oxygens (including phenoxy) is 1. The number of rotatable bonds is 6. The van der Waals surface area contributed by atoms with Gasteiger partial charge >= 0.3 is 12.1 Å². The lowest BCUT2D eigenvalue weighted by Gasteiger charge is -2.04. The lowest BCUT2D eigenvalue weighted by molar-refractivity contribution is -0.129. The van der Waals surface area contributed by atoms with Crippen LogP contribution in [0.1, 0.15) is 11.3 Å². The molecule has 0 saturated heterocycles. The largest absolute Gasteiger partial charge is 0.476 e.